The maximum Gasteiger partial charge on any atom is 0.324 e. The highest BCUT2D eigenvalue weighted by atomic mass is 79.9. The maximum atomic E-state index is 12.6. The standard InChI is InChI=1S/C10H7BrClF4NO/c11-6-3-1-2-5(7(6)12)8(18)17-4-10(15,16)9(13)14/h1-3,9H,4H2,(H,17,18). The van der Waals surface area contributed by atoms with Crippen LogP contribution in [0.5, 0.6) is 0 Å². The van der Waals surface area contributed by atoms with Gasteiger partial charge in [-0.3, -0.25) is 4.79 Å². The fourth-order valence-electron chi connectivity index (χ4n) is 1.05. The molecular formula is C10H7BrClF4NO. The number of halogens is 6. The van der Waals surface area contributed by atoms with E-state index >= 15 is 0 Å². The van der Waals surface area contributed by atoms with E-state index < -0.39 is 24.8 Å². The summed E-state index contributed by atoms with van der Waals surface area (Å²) >= 11 is 8.81. The molecule has 0 unspecified atom stereocenters. The van der Waals surface area contributed by atoms with Gasteiger partial charge in [-0.15, -0.1) is 0 Å². The number of carbonyl (C=O) groups is 1. The van der Waals surface area contributed by atoms with Gasteiger partial charge in [0.15, 0.2) is 0 Å². The van der Waals surface area contributed by atoms with Crippen molar-refractivity contribution in [2.24, 2.45) is 0 Å². The Morgan fingerprint density at radius 1 is 1.44 bits per heavy atom. The minimum atomic E-state index is -4.27. The monoisotopic (exact) mass is 347 g/mol. The lowest BCUT2D eigenvalue weighted by molar-refractivity contribution is -0.123. The minimum Gasteiger partial charge on any atom is -0.346 e. The summed E-state index contributed by atoms with van der Waals surface area (Å²) in [5.41, 5.74) is -0.0730. The Morgan fingerprint density at radius 3 is 2.61 bits per heavy atom. The molecule has 1 aromatic carbocycles. The van der Waals surface area contributed by atoms with Crippen molar-refractivity contribution in [3.63, 3.8) is 0 Å². The molecule has 1 aromatic rings. The van der Waals surface area contributed by atoms with E-state index in [1.54, 1.807) is 11.4 Å². The summed E-state index contributed by atoms with van der Waals surface area (Å²) in [5.74, 6) is -5.21. The molecule has 100 valence electrons. The van der Waals surface area contributed by atoms with E-state index in [9.17, 15) is 22.4 Å². The van der Waals surface area contributed by atoms with Gasteiger partial charge in [-0.2, -0.15) is 8.78 Å². The summed E-state index contributed by atoms with van der Waals surface area (Å²) in [7, 11) is 0. The van der Waals surface area contributed by atoms with Crippen LogP contribution in [0.2, 0.25) is 5.02 Å². The third kappa shape index (κ3) is 3.58. The molecule has 8 heteroatoms. The number of amides is 1. The van der Waals surface area contributed by atoms with Gasteiger partial charge in [0, 0.05) is 4.47 Å². The largest absolute Gasteiger partial charge is 0.346 e. The quantitative estimate of drug-likeness (QED) is 0.825. The summed E-state index contributed by atoms with van der Waals surface area (Å²) in [5, 5.41) is 1.74. The highest BCUT2D eigenvalue weighted by Gasteiger charge is 2.40. The van der Waals surface area contributed by atoms with E-state index in [0.29, 0.717) is 4.47 Å². The van der Waals surface area contributed by atoms with E-state index in [4.69, 9.17) is 11.6 Å². The second kappa shape index (κ2) is 5.88. The first-order chi connectivity index (χ1) is 8.25. The van der Waals surface area contributed by atoms with Gasteiger partial charge >= 0.3 is 12.3 Å². The zero-order valence-corrected chi connectivity index (χ0v) is 11.0. The van der Waals surface area contributed by atoms with Gasteiger partial charge in [0.2, 0.25) is 0 Å². The number of hydrogen-bond acceptors (Lipinski definition) is 1. The van der Waals surface area contributed by atoms with Crippen LogP contribution < -0.4 is 5.32 Å². The van der Waals surface area contributed by atoms with Crippen LogP contribution >= 0.6 is 27.5 Å². The Labute approximate surface area is 113 Å². The molecule has 1 amide bonds. The van der Waals surface area contributed by atoms with Gasteiger partial charge in [0.1, 0.15) is 0 Å². The summed E-state index contributed by atoms with van der Waals surface area (Å²) < 4.78 is 49.3. The number of nitrogens with one attached hydrogen (secondary N) is 1. The third-order valence-electron chi connectivity index (χ3n) is 2.00. The van der Waals surface area contributed by atoms with E-state index in [0.717, 1.165) is 0 Å². The lowest BCUT2D eigenvalue weighted by atomic mass is 10.2. The smallest absolute Gasteiger partial charge is 0.324 e. The predicted molar refractivity (Wildman–Crippen MR) is 62.4 cm³/mol. The zero-order valence-electron chi connectivity index (χ0n) is 8.69. The normalized spacial score (nSPS) is 11.7. The van der Waals surface area contributed by atoms with Crippen LogP contribution in [0.15, 0.2) is 22.7 Å². The molecule has 0 spiro atoms. The summed E-state index contributed by atoms with van der Waals surface area (Å²) in [6, 6.07) is 4.31. The van der Waals surface area contributed by atoms with Crippen LogP contribution in [0.3, 0.4) is 0 Å². The second-order valence-electron chi connectivity index (χ2n) is 3.35. The molecule has 2 nitrogen and oxygen atoms in total. The van der Waals surface area contributed by atoms with Gasteiger partial charge < -0.3 is 5.32 Å². The predicted octanol–water partition coefficient (Wildman–Crippen LogP) is 3.73. The number of hydrogen-bond donors (Lipinski definition) is 1. The van der Waals surface area contributed by atoms with Crippen molar-refractivity contribution >= 4 is 33.4 Å². The van der Waals surface area contributed by atoms with Crippen LogP contribution in [0.25, 0.3) is 0 Å². The summed E-state index contributed by atoms with van der Waals surface area (Å²) in [4.78, 5) is 11.5. The Bertz CT molecular complexity index is 456. The molecule has 0 aliphatic carbocycles. The second-order valence-corrected chi connectivity index (χ2v) is 4.58. The molecule has 0 atom stereocenters. The highest BCUT2D eigenvalue weighted by Crippen LogP contribution is 2.26. The zero-order chi connectivity index (χ0) is 13.9. The number of benzene rings is 1. The number of rotatable bonds is 4. The molecule has 0 saturated heterocycles. The SMILES string of the molecule is O=C(NCC(F)(F)C(F)F)c1cccc(Br)c1Cl. The van der Waals surface area contributed by atoms with E-state index in [1.165, 1.54) is 12.1 Å². The third-order valence-corrected chi connectivity index (χ3v) is 3.30. The van der Waals surface area contributed by atoms with Crippen molar-refractivity contribution in [2.45, 2.75) is 12.3 Å². The van der Waals surface area contributed by atoms with Crippen LogP contribution in [-0.2, 0) is 0 Å². The molecule has 0 saturated carbocycles. The fourth-order valence-corrected chi connectivity index (χ4v) is 1.63. The van der Waals surface area contributed by atoms with Crippen molar-refractivity contribution in [3.05, 3.63) is 33.3 Å². The Balaban J connectivity index is 2.75. The van der Waals surface area contributed by atoms with E-state index in [2.05, 4.69) is 15.9 Å². The first-order valence-electron chi connectivity index (χ1n) is 4.64. The number of alkyl halides is 4. The van der Waals surface area contributed by atoms with Gasteiger partial charge in [0.25, 0.3) is 5.91 Å². The Morgan fingerprint density at radius 2 is 2.06 bits per heavy atom. The number of carbonyl (C=O) groups excluding carboxylic acids is 1. The molecule has 1 N–H and O–H groups in total. The molecule has 0 aromatic heterocycles. The van der Waals surface area contributed by atoms with Crippen molar-refractivity contribution in [2.75, 3.05) is 6.54 Å². The maximum absolute atomic E-state index is 12.6. The van der Waals surface area contributed by atoms with Crippen LogP contribution in [0, 0.1) is 0 Å². The van der Waals surface area contributed by atoms with Crippen molar-refractivity contribution < 1.29 is 22.4 Å². The Kier molecular flexibility index (Phi) is 4.98. The first-order valence-corrected chi connectivity index (χ1v) is 5.81. The van der Waals surface area contributed by atoms with E-state index in [-0.39, 0.29) is 10.6 Å². The van der Waals surface area contributed by atoms with E-state index in [1.807, 2.05) is 0 Å². The molecule has 18 heavy (non-hydrogen) atoms. The molecule has 0 aliphatic rings. The fraction of sp³-hybridized carbons (Fsp3) is 0.300. The molecule has 0 bridgehead atoms. The lowest BCUT2D eigenvalue weighted by Crippen LogP contribution is -2.41. The molecule has 0 radical (unpaired) electrons. The lowest BCUT2D eigenvalue weighted by Gasteiger charge is -2.16. The first kappa shape index (κ1) is 15.2. The average molecular weight is 349 g/mol. The molecule has 0 aliphatic heterocycles. The minimum absolute atomic E-state index is 0.0235. The molecule has 1 rings (SSSR count). The highest BCUT2D eigenvalue weighted by molar-refractivity contribution is 9.10. The van der Waals surface area contributed by atoms with Gasteiger partial charge in [0.05, 0.1) is 17.1 Å². The van der Waals surface area contributed by atoms with Crippen LogP contribution in [0.1, 0.15) is 10.4 Å². The summed E-state index contributed by atoms with van der Waals surface area (Å²) in [6.07, 6.45) is -3.84. The van der Waals surface area contributed by atoms with Crippen molar-refractivity contribution in [1.29, 1.82) is 0 Å². The van der Waals surface area contributed by atoms with Crippen LogP contribution in [-0.4, -0.2) is 24.8 Å². The van der Waals surface area contributed by atoms with Gasteiger partial charge in [-0.05, 0) is 28.1 Å². The van der Waals surface area contributed by atoms with Crippen molar-refractivity contribution in [1.82, 2.24) is 5.32 Å². The average Bonchev–Trinajstić information content (AvgIpc) is 2.29. The molecule has 0 fully saturated rings. The summed E-state index contributed by atoms with van der Waals surface area (Å²) in [6.45, 7) is -1.45. The topological polar surface area (TPSA) is 29.1 Å². The molecule has 0 heterocycles. The Hall–Kier alpha value is -0.820. The van der Waals surface area contributed by atoms with Crippen LogP contribution in [0.4, 0.5) is 17.6 Å². The van der Waals surface area contributed by atoms with Crippen molar-refractivity contribution in [3.8, 4) is 0 Å². The van der Waals surface area contributed by atoms with Gasteiger partial charge in [-0.1, -0.05) is 17.7 Å². The molecular weight excluding hydrogens is 341 g/mol. The van der Waals surface area contributed by atoms with Gasteiger partial charge in [-0.25, -0.2) is 8.78 Å².